The predicted octanol–water partition coefficient (Wildman–Crippen LogP) is 6.94. The summed E-state index contributed by atoms with van der Waals surface area (Å²) in [5, 5.41) is 8.33. The molecule has 192 valence electrons. The van der Waals surface area contributed by atoms with Crippen molar-refractivity contribution in [1.29, 1.82) is 0 Å². The van der Waals surface area contributed by atoms with Gasteiger partial charge in [0.25, 0.3) is 0 Å². The molecule has 4 rings (SSSR count). The molecule has 4 fully saturated rings. The molecule has 1 heterocycles. The summed E-state index contributed by atoms with van der Waals surface area (Å²) < 4.78 is 0. The molecule has 0 spiro atoms. The highest BCUT2D eigenvalue weighted by molar-refractivity contribution is 5.85. The smallest absolute Gasteiger partial charge is 0.142 e. The Morgan fingerprint density at radius 3 is 2.59 bits per heavy atom. The molecule has 4 nitrogen and oxygen atoms in total. The molecule has 1 N–H and O–H groups in total. The van der Waals surface area contributed by atoms with E-state index in [1.165, 1.54) is 62.7 Å². The lowest BCUT2D eigenvalue weighted by atomic mass is 9.47. The molecule has 7 unspecified atom stereocenters. The quantitative estimate of drug-likeness (QED) is 0.137. The van der Waals surface area contributed by atoms with Gasteiger partial charge in [0.15, 0.2) is 0 Å². The molecule has 3 saturated carbocycles. The Bertz CT molecular complexity index is 802. The second kappa shape index (κ2) is 10.1. The molecule has 0 radical (unpaired) electrons. The highest BCUT2D eigenvalue weighted by atomic mass is 16.6. The predicted molar refractivity (Wildman–Crippen MR) is 141 cm³/mol. The fraction of sp³-hybridized carbons (Fsp3) is 0.867. The molecule has 0 aromatic heterocycles. The number of hydrogen-bond donors (Lipinski definition) is 1. The van der Waals surface area contributed by atoms with E-state index in [2.05, 4.69) is 46.9 Å². The van der Waals surface area contributed by atoms with Crippen molar-refractivity contribution in [1.82, 2.24) is 5.32 Å². The molecule has 3 aliphatic carbocycles. The van der Waals surface area contributed by atoms with E-state index >= 15 is 0 Å². The van der Waals surface area contributed by atoms with E-state index in [9.17, 15) is 4.79 Å². The van der Waals surface area contributed by atoms with Gasteiger partial charge in [-0.15, -0.1) is 0 Å². The van der Waals surface area contributed by atoms with Crippen LogP contribution < -0.4 is 5.32 Å². The second-order valence-corrected chi connectivity index (χ2v) is 13.2. The van der Waals surface area contributed by atoms with Gasteiger partial charge in [0, 0.05) is 12.0 Å². The van der Waals surface area contributed by atoms with Crippen molar-refractivity contribution in [3.63, 3.8) is 0 Å². The Morgan fingerprint density at radius 2 is 1.91 bits per heavy atom. The fourth-order valence-electron chi connectivity index (χ4n) is 9.13. The van der Waals surface area contributed by atoms with Gasteiger partial charge in [-0.1, -0.05) is 51.8 Å². The van der Waals surface area contributed by atoms with Gasteiger partial charge in [-0.2, -0.15) is 0 Å². The first-order valence-corrected chi connectivity index (χ1v) is 14.2. The van der Waals surface area contributed by atoms with Gasteiger partial charge in [0.05, 0.1) is 5.71 Å². The number of fused-ring (bicyclic) bond motifs is 3. The lowest BCUT2D eigenvalue weighted by Gasteiger charge is -2.57. The van der Waals surface area contributed by atoms with Gasteiger partial charge in [0.2, 0.25) is 0 Å². The highest BCUT2D eigenvalue weighted by Crippen LogP contribution is 2.66. The van der Waals surface area contributed by atoms with Crippen LogP contribution in [0.2, 0.25) is 0 Å². The van der Waals surface area contributed by atoms with Gasteiger partial charge < -0.3 is 10.2 Å². The number of hydrogen-bond acceptors (Lipinski definition) is 4. The first-order valence-electron chi connectivity index (χ1n) is 14.2. The number of carbonyl (C=O) groups is 1. The number of rotatable bonds is 8. The van der Waals surface area contributed by atoms with Gasteiger partial charge >= 0.3 is 0 Å². The van der Waals surface area contributed by atoms with Crippen LogP contribution in [0.5, 0.6) is 0 Å². The van der Waals surface area contributed by atoms with E-state index in [1.807, 2.05) is 6.08 Å². The number of allylic oxidation sites excluding steroid dienone is 2. The molecule has 7 atom stereocenters. The number of carbonyl (C=O) groups excluding carboxylic acids is 1. The molecule has 1 aliphatic heterocycles. The third-order valence-corrected chi connectivity index (χ3v) is 11.1. The van der Waals surface area contributed by atoms with Crippen molar-refractivity contribution >= 4 is 12.0 Å². The maximum absolute atomic E-state index is 11.4. The average Bonchev–Trinajstić information content (AvgIpc) is 3.31. The average molecular weight is 471 g/mol. The van der Waals surface area contributed by atoms with Crippen LogP contribution in [-0.4, -0.2) is 31.2 Å². The standard InChI is InChI=1S/C30H50N2O2/c1-7-15-29(5)22(13-19-33)8-9-23-25-11-10-24(30(25,6)16-12-26(23)29)21(2)32-34-20-14-27-28(3,4)17-18-31-27/h13,19,23-27,31H,7-12,14-18,20H2,1-6H3/b22-13-,32-21+. The van der Waals surface area contributed by atoms with Crippen molar-refractivity contribution in [3.8, 4) is 0 Å². The van der Waals surface area contributed by atoms with E-state index in [0.717, 1.165) is 43.4 Å². The van der Waals surface area contributed by atoms with Crippen molar-refractivity contribution in [2.45, 2.75) is 112 Å². The second-order valence-electron chi connectivity index (χ2n) is 13.2. The van der Waals surface area contributed by atoms with Gasteiger partial charge in [0.1, 0.15) is 12.9 Å². The minimum Gasteiger partial charge on any atom is -0.396 e. The molecule has 0 aromatic carbocycles. The summed E-state index contributed by atoms with van der Waals surface area (Å²) in [6.45, 7) is 16.1. The number of nitrogens with one attached hydrogen (secondary N) is 1. The van der Waals surface area contributed by atoms with Gasteiger partial charge in [-0.25, -0.2) is 0 Å². The fourth-order valence-corrected chi connectivity index (χ4v) is 9.13. The van der Waals surface area contributed by atoms with Crippen LogP contribution >= 0.6 is 0 Å². The molecule has 1 saturated heterocycles. The lowest BCUT2D eigenvalue weighted by molar-refractivity contribution is -0.104. The van der Waals surface area contributed by atoms with Crippen LogP contribution in [-0.2, 0) is 9.63 Å². The maximum Gasteiger partial charge on any atom is 0.142 e. The first kappa shape index (κ1) is 25.9. The summed E-state index contributed by atoms with van der Waals surface area (Å²) in [7, 11) is 0. The van der Waals surface area contributed by atoms with Crippen molar-refractivity contribution in [2.24, 2.45) is 45.1 Å². The summed E-state index contributed by atoms with van der Waals surface area (Å²) in [4.78, 5) is 17.3. The monoisotopic (exact) mass is 470 g/mol. The van der Waals surface area contributed by atoms with E-state index in [-0.39, 0.29) is 5.41 Å². The van der Waals surface area contributed by atoms with Crippen molar-refractivity contribution in [2.75, 3.05) is 13.2 Å². The topological polar surface area (TPSA) is 50.7 Å². The zero-order valence-corrected chi connectivity index (χ0v) is 22.8. The molecule has 4 aliphatic rings. The lowest BCUT2D eigenvalue weighted by Crippen LogP contribution is -2.50. The molecular weight excluding hydrogens is 420 g/mol. The van der Waals surface area contributed by atoms with E-state index in [1.54, 1.807) is 0 Å². The summed E-state index contributed by atoms with van der Waals surface area (Å²) in [5.41, 5.74) is 3.55. The van der Waals surface area contributed by atoms with E-state index in [0.29, 0.717) is 29.4 Å². The minimum absolute atomic E-state index is 0.201. The SMILES string of the molecule is CCCC1(C)/C(=C\C=O)CCC2C1CCC1(C)C(/C(C)=N/OCCC3NCCC3(C)C)CCC21. The summed E-state index contributed by atoms with van der Waals surface area (Å²) >= 11 is 0. The number of aldehydes is 1. The van der Waals surface area contributed by atoms with Crippen molar-refractivity contribution in [3.05, 3.63) is 11.6 Å². The van der Waals surface area contributed by atoms with Gasteiger partial charge in [-0.05, 0) is 111 Å². The first-order chi connectivity index (χ1) is 16.2. The molecule has 0 amide bonds. The summed E-state index contributed by atoms with van der Waals surface area (Å²) in [6.07, 6.45) is 15.1. The van der Waals surface area contributed by atoms with Crippen LogP contribution in [0.15, 0.2) is 16.8 Å². The van der Waals surface area contributed by atoms with E-state index in [4.69, 9.17) is 9.99 Å². The summed E-state index contributed by atoms with van der Waals surface area (Å²) in [6, 6.07) is 0.536. The maximum atomic E-state index is 11.4. The molecule has 0 aromatic rings. The molecule has 4 heteroatoms. The molecule has 34 heavy (non-hydrogen) atoms. The van der Waals surface area contributed by atoms with Crippen molar-refractivity contribution < 1.29 is 9.63 Å². The largest absolute Gasteiger partial charge is 0.396 e. The van der Waals surface area contributed by atoms with Gasteiger partial charge in [-0.3, -0.25) is 4.79 Å². The molecular formula is C30H50N2O2. The molecule has 0 bridgehead atoms. The zero-order valence-electron chi connectivity index (χ0n) is 22.8. The van der Waals surface area contributed by atoms with Crippen LogP contribution in [0.3, 0.4) is 0 Å². The normalized spacial score (nSPS) is 42.9. The van der Waals surface area contributed by atoms with Crippen LogP contribution in [0.25, 0.3) is 0 Å². The third kappa shape index (κ3) is 4.53. The Morgan fingerprint density at radius 1 is 1.12 bits per heavy atom. The van der Waals surface area contributed by atoms with Crippen LogP contribution in [0, 0.1) is 39.9 Å². The Balaban J connectivity index is 1.42. The Hall–Kier alpha value is -1.16. The zero-order chi connectivity index (χ0) is 24.6. The van der Waals surface area contributed by atoms with Crippen LogP contribution in [0.4, 0.5) is 0 Å². The number of oxime groups is 1. The van der Waals surface area contributed by atoms with E-state index < -0.39 is 0 Å². The Labute approximate surface area is 208 Å². The minimum atomic E-state index is 0.201. The third-order valence-electron chi connectivity index (χ3n) is 11.1. The highest BCUT2D eigenvalue weighted by Gasteiger charge is 2.58. The van der Waals surface area contributed by atoms with Crippen LogP contribution in [0.1, 0.15) is 106 Å². The summed E-state index contributed by atoms with van der Waals surface area (Å²) in [5.74, 6) is 2.83. The number of nitrogens with zero attached hydrogens (tertiary/aromatic N) is 1. The Kier molecular flexibility index (Phi) is 7.68.